The summed E-state index contributed by atoms with van der Waals surface area (Å²) in [5.41, 5.74) is -1.34. The lowest BCUT2D eigenvalue weighted by atomic mass is 10.1. The third kappa shape index (κ3) is 5.02. The standard InChI is InChI=1S/C13H16ClF3N2O/c1-8(2)18-7-6-11(20)19-12-9(13(15,16)17)4-3-5-10(12)14/h3-5,8,18H,6-7H2,1-2H3,(H,19,20). The largest absolute Gasteiger partial charge is 0.418 e. The van der Waals surface area contributed by atoms with Crippen LogP contribution in [0.5, 0.6) is 0 Å². The van der Waals surface area contributed by atoms with Crippen molar-refractivity contribution in [3.8, 4) is 0 Å². The van der Waals surface area contributed by atoms with Crippen molar-refractivity contribution in [2.75, 3.05) is 11.9 Å². The normalized spacial score (nSPS) is 11.8. The van der Waals surface area contributed by atoms with Crippen LogP contribution in [0.1, 0.15) is 25.8 Å². The fourth-order valence-corrected chi connectivity index (χ4v) is 1.79. The van der Waals surface area contributed by atoms with Crippen LogP contribution in [-0.2, 0) is 11.0 Å². The molecule has 1 aromatic rings. The molecule has 0 fully saturated rings. The molecule has 0 aliphatic carbocycles. The predicted molar refractivity (Wildman–Crippen MR) is 72.8 cm³/mol. The van der Waals surface area contributed by atoms with E-state index < -0.39 is 23.3 Å². The molecule has 0 spiro atoms. The van der Waals surface area contributed by atoms with Crippen molar-refractivity contribution in [3.63, 3.8) is 0 Å². The second kappa shape index (κ2) is 6.95. The molecule has 0 unspecified atom stereocenters. The molecule has 1 rings (SSSR count). The number of halogens is 4. The molecule has 0 saturated heterocycles. The van der Waals surface area contributed by atoms with Crippen LogP contribution in [0.4, 0.5) is 18.9 Å². The maximum absolute atomic E-state index is 12.8. The third-order valence-electron chi connectivity index (χ3n) is 2.49. The quantitative estimate of drug-likeness (QED) is 0.871. The number of para-hydroxylation sites is 1. The van der Waals surface area contributed by atoms with Gasteiger partial charge >= 0.3 is 6.18 Å². The highest BCUT2D eigenvalue weighted by atomic mass is 35.5. The van der Waals surface area contributed by atoms with E-state index in [1.807, 2.05) is 13.8 Å². The van der Waals surface area contributed by atoms with Crippen LogP contribution in [0.25, 0.3) is 0 Å². The number of anilines is 1. The molecule has 112 valence electrons. The van der Waals surface area contributed by atoms with Gasteiger partial charge in [-0.2, -0.15) is 13.2 Å². The number of hydrogen-bond acceptors (Lipinski definition) is 2. The van der Waals surface area contributed by atoms with E-state index in [9.17, 15) is 18.0 Å². The molecule has 3 nitrogen and oxygen atoms in total. The number of rotatable bonds is 5. The Bertz CT molecular complexity index is 475. The minimum atomic E-state index is -4.57. The molecule has 0 heterocycles. The average molecular weight is 309 g/mol. The summed E-state index contributed by atoms with van der Waals surface area (Å²) < 4.78 is 38.4. The minimum absolute atomic E-state index is 0.0701. The Hall–Kier alpha value is -1.27. The van der Waals surface area contributed by atoms with Gasteiger partial charge in [-0.05, 0) is 12.1 Å². The van der Waals surface area contributed by atoms with Crippen molar-refractivity contribution in [2.45, 2.75) is 32.5 Å². The van der Waals surface area contributed by atoms with E-state index in [0.717, 1.165) is 6.07 Å². The minimum Gasteiger partial charge on any atom is -0.324 e. The number of carbonyl (C=O) groups is 1. The molecule has 0 saturated carbocycles. The molecule has 0 radical (unpaired) electrons. The van der Waals surface area contributed by atoms with E-state index in [4.69, 9.17) is 11.6 Å². The summed E-state index contributed by atoms with van der Waals surface area (Å²) in [6, 6.07) is 3.59. The van der Waals surface area contributed by atoms with Crippen LogP contribution in [0, 0.1) is 0 Å². The van der Waals surface area contributed by atoms with Crippen LogP contribution in [-0.4, -0.2) is 18.5 Å². The molecule has 0 aliphatic rings. The van der Waals surface area contributed by atoms with Gasteiger partial charge in [0, 0.05) is 19.0 Å². The van der Waals surface area contributed by atoms with E-state index in [0.29, 0.717) is 6.54 Å². The van der Waals surface area contributed by atoms with Gasteiger partial charge in [0.1, 0.15) is 0 Å². The number of alkyl halides is 3. The van der Waals surface area contributed by atoms with Crippen molar-refractivity contribution in [1.29, 1.82) is 0 Å². The number of nitrogens with one attached hydrogen (secondary N) is 2. The molecule has 7 heteroatoms. The average Bonchev–Trinajstić information content (AvgIpc) is 2.29. The fourth-order valence-electron chi connectivity index (χ4n) is 1.56. The van der Waals surface area contributed by atoms with Crippen LogP contribution >= 0.6 is 11.6 Å². The Kier molecular flexibility index (Phi) is 5.83. The van der Waals surface area contributed by atoms with Crippen LogP contribution < -0.4 is 10.6 Å². The summed E-state index contributed by atoms with van der Waals surface area (Å²) in [7, 11) is 0. The molecule has 2 N–H and O–H groups in total. The Morgan fingerprint density at radius 2 is 2.00 bits per heavy atom. The zero-order chi connectivity index (χ0) is 15.3. The van der Waals surface area contributed by atoms with Gasteiger partial charge < -0.3 is 10.6 Å². The second-order valence-corrected chi connectivity index (χ2v) is 4.97. The van der Waals surface area contributed by atoms with Gasteiger partial charge in [0.25, 0.3) is 0 Å². The molecular weight excluding hydrogens is 293 g/mol. The summed E-state index contributed by atoms with van der Waals surface area (Å²) in [4.78, 5) is 11.6. The summed E-state index contributed by atoms with van der Waals surface area (Å²) >= 11 is 5.73. The first-order chi connectivity index (χ1) is 9.21. The monoisotopic (exact) mass is 308 g/mol. The maximum Gasteiger partial charge on any atom is 0.418 e. The zero-order valence-electron chi connectivity index (χ0n) is 11.1. The first-order valence-corrected chi connectivity index (χ1v) is 6.48. The van der Waals surface area contributed by atoms with Gasteiger partial charge in [-0.1, -0.05) is 31.5 Å². The van der Waals surface area contributed by atoms with E-state index in [1.54, 1.807) is 0 Å². The molecule has 0 aliphatic heterocycles. The summed E-state index contributed by atoms with van der Waals surface area (Å²) in [6.07, 6.45) is -4.50. The highest BCUT2D eigenvalue weighted by molar-refractivity contribution is 6.34. The van der Waals surface area contributed by atoms with Crippen molar-refractivity contribution in [3.05, 3.63) is 28.8 Å². The van der Waals surface area contributed by atoms with Gasteiger partial charge in [0.15, 0.2) is 0 Å². The van der Waals surface area contributed by atoms with E-state index >= 15 is 0 Å². The summed E-state index contributed by atoms with van der Waals surface area (Å²) in [6.45, 7) is 4.21. The van der Waals surface area contributed by atoms with Gasteiger partial charge in [-0.3, -0.25) is 4.79 Å². The highest BCUT2D eigenvalue weighted by Gasteiger charge is 2.34. The Labute approximate surface area is 120 Å². The molecule has 0 bridgehead atoms. The van der Waals surface area contributed by atoms with Crippen LogP contribution in [0.2, 0.25) is 5.02 Å². The lowest BCUT2D eigenvalue weighted by Gasteiger charge is -2.15. The molecule has 20 heavy (non-hydrogen) atoms. The fraction of sp³-hybridized carbons (Fsp3) is 0.462. The Morgan fingerprint density at radius 3 is 2.55 bits per heavy atom. The molecule has 0 aromatic heterocycles. The SMILES string of the molecule is CC(C)NCCC(=O)Nc1c(Cl)cccc1C(F)(F)F. The van der Waals surface area contributed by atoms with E-state index in [2.05, 4.69) is 10.6 Å². The number of hydrogen-bond donors (Lipinski definition) is 2. The van der Waals surface area contributed by atoms with Gasteiger partial charge in [0.2, 0.25) is 5.91 Å². The molecule has 1 aromatic carbocycles. The third-order valence-corrected chi connectivity index (χ3v) is 2.80. The van der Waals surface area contributed by atoms with Crippen molar-refractivity contribution >= 4 is 23.2 Å². The van der Waals surface area contributed by atoms with Crippen LogP contribution in [0.3, 0.4) is 0 Å². The highest BCUT2D eigenvalue weighted by Crippen LogP contribution is 2.38. The van der Waals surface area contributed by atoms with Gasteiger partial charge in [-0.25, -0.2) is 0 Å². The summed E-state index contributed by atoms with van der Waals surface area (Å²) in [5, 5.41) is 5.10. The maximum atomic E-state index is 12.8. The molecule has 1 amide bonds. The lowest BCUT2D eigenvalue weighted by molar-refractivity contribution is -0.137. The van der Waals surface area contributed by atoms with Crippen molar-refractivity contribution in [1.82, 2.24) is 5.32 Å². The second-order valence-electron chi connectivity index (χ2n) is 4.57. The number of benzene rings is 1. The van der Waals surface area contributed by atoms with Gasteiger partial charge in [-0.15, -0.1) is 0 Å². The first kappa shape index (κ1) is 16.8. The number of carbonyl (C=O) groups excluding carboxylic acids is 1. The van der Waals surface area contributed by atoms with Gasteiger partial charge in [0.05, 0.1) is 16.3 Å². The van der Waals surface area contributed by atoms with E-state index in [-0.39, 0.29) is 17.5 Å². The Morgan fingerprint density at radius 1 is 1.35 bits per heavy atom. The molecule has 0 atom stereocenters. The zero-order valence-corrected chi connectivity index (χ0v) is 11.9. The smallest absolute Gasteiger partial charge is 0.324 e. The number of amides is 1. The van der Waals surface area contributed by atoms with Crippen molar-refractivity contribution in [2.24, 2.45) is 0 Å². The topological polar surface area (TPSA) is 41.1 Å². The first-order valence-electron chi connectivity index (χ1n) is 6.10. The Balaban J connectivity index is 2.79. The molecular formula is C13H16ClF3N2O. The summed E-state index contributed by atoms with van der Waals surface area (Å²) in [5.74, 6) is -0.517. The van der Waals surface area contributed by atoms with Crippen molar-refractivity contribution < 1.29 is 18.0 Å². The predicted octanol–water partition coefficient (Wildman–Crippen LogP) is 3.69. The van der Waals surface area contributed by atoms with E-state index in [1.165, 1.54) is 12.1 Å². The van der Waals surface area contributed by atoms with Crippen LogP contribution in [0.15, 0.2) is 18.2 Å². The lowest BCUT2D eigenvalue weighted by Crippen LogP contribution is -2.27.